The van der Waals surface area contributed by atoms with Crippen LogP contribution >= 0.6 is 0 Å². The van der Waals surface area contributed by atoms with Gasteiger partial charge in [0.2, 0.25) is 11.0 Å². The van der Waals surface area contributed by atoms with E-state index in [0.29, 0.717) is 27.4 Å². The first kappa shape index (κ1) is 10.5. The number of para-hydroxylation sites is 2. The molecule has 0 fully saturated rings. The number of nitrogens with zero attached hydrogens (tertiary/aromatic N) is 4. The Labute approximate surface area is 102 Å². The average molecular weight is 242 g/mol. The minimum atomic E-state index is 0.306. The van der Waals surface area contributed by atoms with Crippen LogP contribution in [0, 0.1) is 17.3 Å². The van der Waals surface area contributed by atoms with Crippen LogP contribution in [0.3, 0.4) is 0 Å². The molecule has 0 radical (unpaired) electrons. The van der Waals surface area contributed by atoms with Crippen LogP contribution in [0.1, 0.15) is 5.69 Å². The first-order valence-electron chi connectivity index (χ1n) is 5.45. The molecule has 0 saturated heterocycles. The first-order valence-corrected chi connectivity index (χ1v) is 5.45. The van der Waals surface area contributed by atoms with Crippen LogP contribution in [-0.4, -0.2) is 9.90 Å². The van der Waals surface area contributed by atoms with E-state index in [1.165, 1.54) is 4.68 Å². The molecule has 2 heterocycles. The smallest absolute Gasteiger partial charge is 0.314 e. The minimum Gasteiger partial charge on any atom is -0.710 e. The lowest BCUT2D eigenvalue weighted by molar-refractivity contribution is -0.650. The number of hydrogen-bond acceptors (Lipinski definition) is 3. The predicted molar refractivity (Wildman–Crippen MR) is 63.7 cm³/mol. The number of aromatic nitrogens is 4. The fraction of sp³-hybridized carbons (Fsp3) is 0.0833. The Morgan fingerprint density at radius 1 is 1.06 bits per heavy atom. The van der Waals surface area contributed by atoms with Gasteiger partial charge < -0.3 is 10.4 Å². The summed E-state index contributed by atoms with van der Waals surface area (Å²) in [6.07, 6.45) is 0. The topological polar surface area (TPSA) is 71.7 Å². The van der Waals surface area contributed by atoms with E-state index in [2.05, 4.69) is 5.21 Å². The maximum Gasteiger partial charge on any atom is 0.314 e. The van der Waals surface area contributed by atoms with Crippen molar-refractivity contribution in [2.24, 2.45) is 0 Å². The molecule has 2 aromatic heterocycles. The van der Waals surface area contributed by atoms with Crippen LogP contribution in [0.2, 0.25) is 0 Å². The highest BCUT2D eigenvalue weighted by Gasteiger charge is 2.19. The molecule has 0 aliphatic carbocycles. The molecule has 0 unspecified atom stereocenters. The summed E-state index contributed by atoms with van der Waals surface area (Å²) in [4.78, 5) is 0.512. The van der Waals surface area contributed by atoms with Crippen LogP contribution in [0.25, 0.3) is 16.9 Å². The van der Waals surface area contributed by atoms with Gasteiger partial charge in [0.15, 0.2) is 0 Å². The van der Waals surface area contributed by atoms with Crippen molar-refractivity contribution in [3.05, 3.63) is 58.6 Å². The molecule has 6 heteroatoms. The number of hydrogen-bond donors (Lipinski definition) is 0. The van der Waals surface area contributed by atoms with Crippen molar-refractivity contribution in [3.63, 3.8) is 0 Å². The van der Waals surface area contributed by atoms with Crippen LogP contribution < -0.4 is 9.58 Å². The van der Waals surface area contributed by atoms with Gasteiger partial charge in [0.05, 0.1) is 0 Å². The Morgan fingerprint density at radius 3 is 2.67 bits per heavy atom. The monoisotopic (exact) mass is 242 g/mol. The second kappa shape index (κ2) is 3.69. The Bertz CT molecular complexity index is 736. The van der Waals surface area contributed by atoms with E-state index < -0.39 is 0 Å². The van der Waals surface area contributed by atoms with E-state index in [1.54, 1.807) is 49.4 Å². The van der Waals surface area contributed by atoms with Crippen molar-refractivity contribution in [3.8, 4) is 5.82 Å². The normalized spacial score (nSPS) is 10.9. The molecule has 0 amide bonds. The van der Waals surface area contributed by atoms with Gasteiger partial charge in [-0.2, -0.15) is 0 Å². The molecule has 0 aliphatic heterocycles. The van der Waals surface area contributed by atoms with Gasteiger partial charge in [-0.05, 0) is 25.1 Å². The first-order chi connectivity index (χ1) is 8.68. The molecular formula is C12H10N4O2. The summed E-state index contributed by atoms with van der Waals surface area (Å²) in [5.41, 5.74) is 1.58. The number of fused-ring (bicyclic) bond motifs is 1. The van der Waals surface area contributed by atoms with Crippen molar-refractivity contribution >= 4 is 11.0 Å². The van der Waals surface area contributed by atoms with E-state index >= 15 is 0 Å². The number of rotatable bonds is 1. The second-order valence-corrected chi connectivity index (χ2v) is 3.98. The third kappa shape index (κ3) is 1.39. The fourth-order valence-corrected chi connectivity index (χ4v) is 1.90. The summed E-state index contributed by atoms with van der Waals surface area (Å²) in [5.74, 6) is 0.306. The summed E-state index contributed by atoms with van der Waals surface area (Å²) in [6, 6.07) is 12.0. The van der Waals surface area contributed by atoms with Gasteiger partial charge in [-0.25, -0.2) is 4.73 Å². The van der Waals surface area contributed by atoms with Gasteiger partial charge in [0.25, 0.3) is 0 Å². The van der Waals surface area contributed by atoms with Gasteiger partial charge in [0.1, 0.15) is 10.9 Å². The highest BCUT2D eigenvalue weighted by Crippen LogP contribution is 2.12. The predicted octanol–water partition coefficient (Wildman–Crippen LogP) is 0.601. The Balaban J connectivity index is 2.36. The van der Waals surface area contributed by atoms with Crippen molar-refractivity contribution in [2.45, 2.75) is 6.92 Å². The summed E-state index contributed by atoms with van der Waals surface area (Å²) in [7, 11) is 0. The van der Waals surface area contributed by atoms with Crippen molar-refractivity contribution in [1.82, 2.24) is 9.90 Å². The summed E-state index contributed by atoms with van der Waals surface area (Å²) in [5, 5.41) is 27.4. The number of benzene rings is 1. The van der Waals surface area contributed by atoms with Gasteiger partial charge in [-0.1, -0.05) is 22.9 Å². The molecule has 0 bridgehead atoms. The minimum absolute atomic E-state index is 0.306. The lowest BCUT2D eigenvalue weighted by Crippen LogP contribution is -2.37. The lowest BCUT2D eigenvalue weighted by Gasteiger charge is -2.08. The van der Waals surface area contributed by atoms with E-state index in [-0.39, 0.29) is 0 Å². The summed E-state index contributed by atoms with van der Waals surface area (Å²) < 4.78 is 2.10. The Hall–Kier alpha value is -2.63. The Morgan fingerprint density at radius 2 is 1.83 bits per heavy atom. The maximum absolute atomic E-state index is 12.0. The third-order valence-electron chi connectivity index (χ3n) is 2.81. The van der Waals surface area contributed by atoms with Gasteiger partial charge in [-0.15, -0.1) is 4.85 Å². The highest BCUT2D eigenvalue weighted by molar-refractivity contribution is 5.72. The van der Waals surface area contributed by atoms with E-state index in [0.717, 1.165) is 4.73 Å². The molecule has 0 N–H and O–H groups in total. The molecule has 90 valence electrons. The molecule has 0 saturated carbocycles. The zero-order chi connectivity index (χ0) is 12.7. The standard InChI is InChI=1S/C12H10N4O2/c1-9-5-4-8-12(15(9)17)14-10-6-2-3-7-11(10)16(18)13-14/h2-8H,1H3. The summed E-state index contributed by atoms with van der Waals surface area (Å²) >= 11 is 0. The molecule has 0 spiro atoms. The molecule has 3 aromatic rings. The Kier molecular flexibility index (Phi) is 2.16. The zero-order valence-corrected chi connectivity index (χ0v) is 9.65. The van der Waals surface area contributed by atoms with Crippen LogP contribution in [0.4, 0.5) is 0 Å². The van der Waals surface area contributed by atoms with E-state index in [4.69, 9.17) is 0 Å². The van der Waals surface area contributed by atoms with Crippen LogP contribution in [0.5, 0.6) is 0 Å². The van der Waals surface area contributed by atoms with Crippen molar-refractivity contribution in [2.75, 3.05) is 0 Å². The van der Waals surface area contributed by atoms with E-state index in [9.17, 15) is 10.4 Å². The molecule has 18 heavy (non-hydrogen) atoms. The molecule has 3 rings (SSSR count). The van der Waals surface area contributed by atoms with Gasteiger partial charge in [-0.3, -0.25) is 0 Å². The zero-order valence-electron chi connectivity index (χ0n) is 9.65. The second-order valence-electron chi connectivity index (χ2n) is 3.98. The van der Waals surface area contributed by atoms with Gasteiger partial charge in [0, 0.05) is 6.07 Å². The molecule has 0 aliphatic rings. The SMILES string of the molecule is Cc1cccc(-n2n[n+]([O-])c3ccccc32)[n+]1[O-]. The van der Waals surface area contributed by atoms with Crippen LogP contribution in [0.15, 0.2) is 42.5 Å². The largest absolute Gasteiger partial charge is 0.710 e. The molecule has 0 atom stereocenters. The lowest BCUT2D eigenvalue weighted by atomic mass is 10.3. The van der Waals surface area contributed by atoms with Crippen molar-refractivity contribution in [1.29, 1.82) is 0 Å². The fourth-order valence-electron chi connectivity index (χ4n) is 1.90. The highest BCUT2D eigenvalue weighted by atomic mass is 16.5. The van der Waals surface area contributed by atoms with Gasteiger partial charge >= 0.3 is 5.82 Å². The maximum atomic E-state index is 12.0. The van der Waals surface area contributed by atoms with Crippen molar-refractivity contribution < 1.29 is 9.58 Å². The number of aryl methyl sites for hydroxylation is 1. The molecule has 1 aromatic carbocycles. The molecular weight excluding hydrogens is 232 g/mol. The molecule has 6 nitrogen and oxygen atoms in total. The van der Waals surface area contributed by atoms with Crippen LogP contribution in [-0.2, 0) is 0 Å². The number of pyridine rings is 1. The third-order valence-corrected chi connectivity index (χ3v) is 2.81. The quantitative estimate of drug-likeness (QED) is 0.463. The summed E-state index contributed by atoms with van der Waals surface area (Å²) in [6.45, 7) is 1.70. The van der Waals surface area contributed by atoms with E-state index in [1.807, 2.05) is 0 Å². The average Bonchev–Trinajstić information content (AvgIpc) is 2.71.